The number of hydrazine groups is 1. The van der Waals surface area contributed by atoms with Gasteiger partial charge in [-0.1, -0.05) is 20.3 Å². The average Bonchev–Trinajstić information content (AvgIpc) is 2.53. The van der Waals surface area contributed by atoms with Crippen LogP contribution in [0.5, 0.6) is 0 Å². The van der Waals surface area contributed by atoms with Crippen molar-refractivity contribution in [1.82, 2.24) is 15.0 Å². The minimum Gasteiger partial charge on any atom is -0.336 e. The molecule has 0 aliphatic rings. The highest BCUT2D eigenvalue weighted by molar-refractivity contribution is 5.05. The van der Waals surface area contributed by atoms with Gasteiger partial charge in [-0.3, -0.25) is 11.3 Å². The van der Waals surface area contributed by atoms with Crippen molar-refractivity contribution in [3.8, 4) is 0 Å². The molecule has 2 unspecified atom stereocenters. The molecule has 3 N–H and O–H groups in total. The lowest BCUT2D eigenvalue weighted by Gasteiger charge is -2.22. The molecular weight excluding hydrogens is 164 g/mol. The fourth-order valence-corrected chi connectivity index (χ4v) is 1.44. The van der Waals surface area contributed by atoms with Crippen LogP contribution in [0.1, 0.15) is 32.0 Å². The molecular formula is C9H18N4. The van der Waals surface area contributed by atoms with Gasteiger partial charge in [0.1, 0.15) is 0 Å². The molecule has 13 heavy (non-hydrogen) atoms. The second-order valence-electron chi connectivity index (χ2n) is 3.46. The van der Waals surface area contributed by atoms with Gasteiger partial charge in [-0.25, -0.2) is 4.98 Å². The van der Waals surface area contributed by atoms with Crippen molar-refractivity contribution in [3.05, 3.63) is 18.2 Å². The van der Waals surface area contributed by atoms with Crippen LogP contribution < -0.4 is 11.3 Å². The number of aryl methyl sites for hydroxylation is 1. The summed E-state index contributed by atoms with van der Waals surface area (Å²) in [6.45, 7) is 4.34. The van der Waals surface area contributed by atoms with E-state index in [9.17, 15) is 0 Å². The Hall–Kier alpha value is -0.870. The van der Waals surface area contributed by atoms with Crippen LogP contribution in [0.4, 0.5) is 0 Å². The van der Waals surface area contributed by atoms with Crippen molar-refractivity contribution >= 4 is 0 Å². The molecule has 1 aromatic heterocycles. The predicted octanol–water partition coefficient (Wildman–Crippen LogP) is 0.971. The Labute approximate surface area is 79.1 Å². The van der Waals surface area contributed by atoms with Crippen molar-refractivity contribution in [2.75, 3.05) is 0 Å². The van der Waals surface area contributed by atoms with Crippen LogP contribution in [-0.2, 0) is 7.05 Å². The molecule has 4 nitrogen and oxygen atoms in total. The number of hydrogen-bond donors (Lipinski definition) is 2. The maximum Gasteiger partial charge on any atom is 0.0946 e. The summed E-state index contributed by atoms with van der Waals surface area (Å²) in [5.74, 6) is 6.03. The Morgan fingerprint density at radius 3 is 2.77 bits per heavy atom. The molecule has 0 saturated heterocycles. The second-order valence-corrected chi connectivity index (χ2v) is 3.46. The Morgan fingerprint density at radius 1 is 1.69 bits per heavy atom. The molecule has 0 saturated carbocycles. The Morgan fingerprint density at radius 2 is 2.38 bits per heavy atom. The van der Waals surface area contributed by atoms with E-state index in [0.717, 1.165) is 12.1 Å². The third-order valence-corrected chi connectivity index (χ3v) is 2.57. The van der Waals surface area contributed by atoms with Gasteiger partial charge in [0.05, 0.1) is 18.1 Å². The maximum atomic E-state index is 5.52. The number of aromatic nitrogens is 2. The first-order chi connectivity index (χ1) is 6.20. The van der Waals surface area contributed by atoms with Gasteiger partial charge in [0.25, 0.3) is 0 Å². The Kier molecular flexibility index (Phi) is 3.45. The molecule has 0 radical (unpaired) electrons. The van der Waals surface area contributed by atoms with Gasteiger partial charge in [-0.15, -0.1) is 0 Å². The van der Waals surface area contributed by atoms with Gasteiger partial charge < -0.3 is 4.57 Å². The lowest BCUT2D eigenvalue weighted by atomic mass is 9.97. The van der Waals surface area contributed by atoms with Gasteiger partial charge in [0.2, 0.25) is 0 Å². The zero-order valence-electron chi connectivity index (χ0n) is 8.49. The molecule has 0 aliphatic heterocycles. The molecule has 74 valence electrons. The zero-order valence-corrected chi connectivity index (χ0v) is 8.49. The summed E-state index contributed by atoms with van der Waals surface area (Å²) in [6, 6.07) is 0.192. The van der Waals surface area contributed by atoms with E-state index in [4.69, 9.17) is 5.84 Å². The van der Waals surface area contributed by atoms with Crippen LogP contribution in [0.15, 0.2) is 12.5 Å². The number of nitrogens with zero attached hydrogens (tertiary/aromatic N) is 2. The normalized spacial score (nSPS) is 15.7. The molecule has 4 heteroatoms. The van der Waals surface area contributed by atoms with E-state index in [0.29, 0.717) is 5.92 Å². The SMILES string of the molecule is CCC(C)C(NN)c1cncn1C. The van der Waals surface area contributed by atoms with Crippen LogP contribution in [0.25, 0.3) is 0 Å². The van der Waals surface area contributed by atoms with E-state index in [1.54, 1.807) is 6.33 Å². The zero-order chi connectivity index (χ0) is 9.84. The first kappa shape index (κ1) is 10.2. The van der Waals surface area contributed by atoms with E-state index in [2.05, 4.69) is 24.3 Å². The molecule has 2 atom stereocenters. The lowest BCUT2D eigenvalue weighted by Crippen LogP contribution is -2.33. The van der Waals surface area contributed by atoms with Crippen molar-refractivity contribution in [3.63, 3.8) is 0 Å². The predicted molar refractivity (Wildman–Crippen MR) is 52.7 cm³/mol. The van der Waals surface area contributed by atoms with E-state index >= 15 is 0 Å². The van der Waals surface area contributed by atoms with Crippen molar-refractivity contribution in [1.29, 1.82) is 0 Å². The summed E-state index contributed by atoms with van der Waals surface area (Å²) in [7, 11) is 1.98. The number of nitrogens with one attached hydrogen (secondary N) is 1. The largest absolute Gasteiger partial charge is 0.336 e. The van der Waals surface area contributed by atoms with Crippen LogP contribution in [0.2, 0.25) is 0 Å². The van der Waals surface area contributed by atoms with Crippen LogP contribution in [-0.4, -0.2) is 9.55 Å². The third kappa shape index (κ3) is 2.08. The molecule has 0 spiro atoms. The number of hydrogen-bond acceptors (Lipinski definition) is 3. The van der Waals surface area contributed by atoms with E-state index in [1.165, 1.54) is 0 Å². The first-order valence-corrected chi connectivity index (χ1v) is 4.63. The highest BCUT2D eigenvalue weighted by Gasteiger charge is 2.18. The van der Waals surface area contributed by atoms with E-state index in [-0.39, 0.29) is 6.04 Å². The first-order valence-electron chi connectivity index (χ1n) is 4.63. The van der Waals surface area contributed by atoms with Gasteiger partial charge in [0.15, 0.2) is 0 Å². The van der Waals surface area contributed by atoms with E-state index in [1.807, 2.05) is 17.8 Å². The smallest absolute Gasteiger partial charge is 0.0946 e. The molecule has 1 aromatic rings. The van der Waals surface area contributed by atoms with E-state index < -0.39 is 0 Å². The molecule has 1 rings (SSSR count). The summed E-state index contributed by atoms with van der Waals surface area (Å²) in [5.41, 5.74) is 3.97. The molecule has 0 amide bonds. The van der Waals surface area contributed by atoms with Gasteiger partial charge in [-0.2, -0.15) is 0 Å². The summed E-state index contributed by atoms with van der Waals surface area (Å²) >= 11 is 0. The maximum absolute atomic E-state index is 5.52. The standard InChI is InChI=1S/C9H18N4/c1-4-7(2)9(12-10)8-5-11-6-13(8)3/h5-7,9,12H,4,10H2,1-3H3. The number of imidazole rings is 1. The molecule has 1 heterocycles. The fourth-order valence-electron chi connectivity index (χ4n) is 1.44. The summed E-state index contributed by atoms with van der Waals surface area (Å²) < 4.78 is 2.00. The topological polar surface area (TPSA) is 55.9 Å². The summed E-state index contributed by atoms with van der Waals surface area (Å²) in [4.78, 5) is 4.07. The number of nitrogens with two attached hydrogens (primary N) is 1. The van der Waals surface area contributed by atoms with Crippen molar-refractivity contribution in [2.24, 2.45) is 18.8 Å². The monoisotopic (exact) mass is 182 g/mol. The van der Waals surface area contributed by atoms with Crippen LogP contribution in [0.3, 0.4) is 0 Å². The quantitative estimate of drug-likeness (QED) is 0.539. The fraction of sp³-hybridized carbons (Fsp3) is 0.667. The van der Waals surface area contributed by atoms with Crippen LogP contribution in [0, 0.1) is 5.92 Å². The minimum absolute atomic E-state index is 0.192. The Bertz CT molecular complexity index is 256. The van der Waals surface area contributed by atoms with Crippen molar-refractivity contribution < 1.29 is 0 Å². The van der Waals surface area contributed by atoms with Crippen molar-refractivity contribution in [2.45, 2.75) is 26.3 Å². The highest BCUT2D eigenvalue weighted by atomic mass is 15.2. The molecule has 0 aromatic carbocycles. The lowest BCUT2D eigenvalue weighted by molar-refractivity contribution is 0.368. The van der Waals surface area contributed by atoms with Gasteiger partial charge in [-0.05, 0) is 5.92 Å². The number of rotatable bonds is 4. The molecule has 0 bridgehead atoms. The van der Waals surface area contributed by atoms with Gasteiger partial charge in [0, 0.05) is 13.2 Å². The second kappa shape index (κ2) is 4.39. The minimum atomic E-state index is 0.192. The van der Waals surface area contributed by atoms with Crippen LogP contribution >= 0.6 is 0 Å². The summed E-state index contributed by atoms with van der Waals surface area (Å²) in [6.07, 6.45) is 4.75. The molecule has 0 fully saturated rings. The van der Waals surface area contributed by atoms with Gasteiger partial charge >= 0.3 is 0 Å². The molecule has 0 aliphatic carbocycles. The average molecular weight is 182 g/mol. The third-order valence-electron chi connectivity index (χ3n) is 2.57. The Balaban J connectivity index is 2.84. The summed E-state index contributed by atoms with van der Waals surface area (Å²) in [5, 5.41) is 0. The highest BCUT2D eigenvalue weighted by Crippen LogP contribution is 2.22.